The van der Waals surface area contributed by atoms with Crippen LogP contribution in [-0.2, 0) is 28.5 Å². The number of carbonyl (C=O) groups excluding carboxylic acids is 2. The summed E-state index contributed by atoms with van der Waals surface area (Å²) in [5.41, 5.74) is -6.08. The van der Waals surface area contributed by atoms with Crippen LogP contribution in [0.4, 0.5) is 40.8 Å². The molecule has 3 aromatic rings. The van der Waals surface area contributed by atoms with E-state index in [1.807, 2.05) is 0 Å². The van der Waals surface area contributed by atoms with Crippen molar-refractivity contribution in [2.75, 3.05) is 11.9 Å². The van der Waals surface area contributed by atoms with Gasteiger partial charge >= 0.3 is 12.4 Å². The van der Waals surface area contributed by atoms with E-state index in [0.29, 0.717) is 30.8 Å². The van der Waals surface area contributed by atoms with E-state index in [-0.39, 0.29) is 29.8 Å². The van der Waals surface area contributed by atoms with Gasteiger partial charge in [0.25, 0.3) is 11.8 Å². The molecule has 0 bridgehead atoms. The highest BCUT2D eigenvalue weighted by Crippen LogP contribution is 2.43. The van der Waals surface area contributed by atoms with E-state index in [4.69, 9.17) is 0 Å². The number of aliphatic hydroxyl groups excluding tert-OH is 1. The van der Waals surface area contributed by atoms with Gasteiger partial charge in [0.05, 0.1) is 17.6 Å². The summed E-state index contributed by atoms with van der Waals surface area (Å²) < 4.78 is 109. The summed E-state index contributed by atoms with van der Waals surface area (Å²) in [5, 5.41) is 15.8. The maximum absolute atomic E-state index is 14.5. The summed E-state index contributed by atoms with van der Waals surface area (Å²) in [5.74, 6) is -4.97. The zero-order valence-corrected chi connectivity index (χ0v) is 22.7. The molecule has 232 valence electrons. The number of fused-ring (bicyclic) bond motifs is 1. The van der Waals surface area contributed by atoms with Crippen LogP contribution < -0.4 is 5.32 Å². The lowest BCUT2D eigenvalue weighted by molar-refractivity contribution is -0.160. The molecule has 15 heteroatoms. The molecule has 7 nitrogen and oxygen atoms in total. The summed E-state index contributed by atoms with van der Waals surface area (Å²) >= 11 is 0. The fourth-order valence-corrected chi connectivity index (χ4v) is 5.35. The molecule has 44 heavy (non-hydrogen) atoms. The van der Waals surface area contributed by atoms with Gasteiger partial charge in [-0.1, -0.05) is 12.1 Å². The average molecular weight is 627 g/mol. The second-order valence-electron chi connectivity index (χ2n) is 10.4. The number of carbonyl (C=O) groups is 2. The number of nitrogens with zero attached hydrogens (tertiary/aromatic N) is 3. The van der Waals surface area contributed by atoms with Crippen LogP contribution in [0.2, 0.25) is 0 Å². The molecule has 2 N–H and O–H groups in total. The number of pyridine rings is 1. The van der Waals surface area contributed by atoms with Crippen molar-refractivity contribution in [3.63, 3.8) is 0 Å². The van der Waals surface area contributed by atoms with Crippen LogP contribution in [-0.4, -0.2) is 44.0 Å². The Hall–Kier alpha value is -4.53. The third-order valence-corrected chi connectivity index (χ3v) is 7.65. The quantitative estimate of drug-likeness (QED) is 0.246. The van der Waals surface area contributed by atoms with Crippen molar-refractivity contribution in [2.24, 2.45) is 0 Å². The Kier molecular flexibility index (Phi) is 7.64. The van der Waals surface area contributed by atoms with Crippen molar-refractivity contribution in [2.45, 2.75) is 44.2 Å². The molecule has 1 fully saturated rings. The third-order valence-electron chi connectivity index (χ3n) is 7.65. The van der Waals surface area contributed by atoms with Gasteiger partial charge in [-0.05, 0) is 56.2 Å². The first-order valence-electron chi connectivity index (χ1n) is 13.0. The molecule has 1 atom stereocenters. The molecule has 5 rings (SSSR count). The lowest BCUT2D eigenvalue weighted by Gasteiger charge is -2.46. The molecule has 0 radical (unpaired) electrons. The third kappa shape index (κ3) is 5.47. The topological polar surface area (TPSA) is 85.8 Å². The van der Waals surface area contributed by atoms with Crippen molar-refractivity contribution < 1.29 is 49.8 Å². The van der Waals surface area contributed by atoms with Crippen LogP contribution in [0.1, 0.15) is 36.6 Å². The van der Waals surface area contributed by atoms with E-state index in [9.17, 15) is 49.8 Å². The predicted molar refractivity (Wildman–Crippen MR) is 139 cm³/mol. The van der Waals surface area contributed by atoms with Crippen LogP contribution in [0.5, 0.6) is 0 Å². The molecule has 2 amide bonds. The number of aliphatic hydroxyl groups is 1. The number of hydrogen-bond donors (Lipinski definition) is 2. The fraction of sp³-hybridized carbons (Fsp3) is 0.276. The van der Waals surface area contributed by atoms with Gasteiger partial charge in [0.15, 0.2) is 0 Å². The van der Waals surface area contributed by atoms with Gasteiger partial charge in [0.2, 0.25) is 0 Å². The van der Waals surface area contributed by atoms with Crippen LogP contribution in [0.25, 0.3) is 11.1 Å². The number of hydrogen-bond acceptors (Lipinski definition) is 5. The monoisotopic (exact) mass is 626 g/mol. The summed E-state index contributed by atoms with van der Waals surface area (Å²) in [6.07, 6.45) is -8.33. The average Bonchev–Trinajstić information content (AvgIpc) is 3.34. The minimum atomic E-state index is -4.86. The Morgan fingerprint density at radius 3 is 2.30 bits per heavy atom. The molecular weight excluding hydrogens is 604 g/mol. The molecule has 2 aromatic carbocycles. The molecule has 0 unspecified atom stereocenters. The van der Waals surface area contributed by atoms with Gasteiger partial charge < -0.3 is 10.4 Å². The zero-order valence-electron chi connectivity index (χ0n) is 22.7. The second kappa shape index (κ2) is 10.9. The van der Waals surface area contributed by atoms with Crippen molar-refractivity contribution >= 4 is 17.5 Å². The number of anilines is 1. The highest BCUT2D eigenvalue weighted by molar-refractivity contribution is 6.24. The SMILES string of the molecule is C[C@]12CCCN1N(Cc1c(F)cccc1F)C(=O)C(C(=O)Nc1ccc(C(F)(F)F)cc1-c1ccc(C(F)(F)F)nc1)=C2O. The zero-order chi connectivity index (χ0) is 32.2. The number of halogens is 8. The van der Waals surface area contributed by atoms with Gasteiger partial charge in [0, 0.05) is 35.1 Å². The van der Waals surface area contributed by atoms with E-state index in [1.54, 1.807) is 0 Å². The summed E-state index contributed by atoms with van der Waals surface area (Å²) in [4.78, 5) is 30.5. The van der Waals surface area contributed by atoms with Crippen LogP contribution in [0, 0.1) is 11.6 Å². The number of benzene rings is 2. The van der Waals surface area contributed by atoms with E-state index in [0.717, 1.165) is 35.3 Å². The Morgan fingerprint density at radius 1 is 1.02 bits per heavy atom. The molecule has 0 saturated carbocycles. The lowest BCUT2D eigenvalue weighted by Crippen LogP contribution is -2.60. The predicted octanol–water partition coefficient (Wildman–Crippen LogP) is 6.63. The molecule has 1 aromatic heterocycles. The minimum absolute atomic E-state index is 0.196. The van der Waals surface area contributed by atoms with Crippen molar-refractivity contribution in [1.82, 2.24) is 15.0 Å². The Balaban J connectivity index is 1.55. The Bertz CT molecular complexity index is 1650. The van der Waals surface area contributed by atoms with Gasteiger partial charge in [-0.25, -0.2) is 13.8 Å². The molecule has 2 aliphatic rings. The molecule has 0 spiro atoms. The van der Waals surface area contributed by atoms with Crippen molar-refractivity contribution in [1.29, 1.82) is 0 Å². The van der Waals surface area contributed by atoms with E-state index in [2.05, 4.69) is 10.3 Å². The first-order valence-corrected chi connectivity index (χ1v) is 13.0. The Labute approximate surface area is 244 Å². The van der Waals surface area contributed by atoms with Gasteiger partial charge in [-0.3, -0.25) is 19.6 Å². The van der Waals surface area contributed by atoms with Crippen LogP contribution in [0.15, 0.2) is 66.1 Å². The van der Waals surface area contributed by atoms with Gasteiger partial charge in [-0.2, -0.15) is 26.3 Å². The number of rotatable bonds is 5. The Morgan fingerprint density at radius 2 is 1.70 bits per heavy atom. The fourth-order valence-electron chi connectivity index (χ4n) is 5.35. The number of nitrogens with one attached hydrogen (secondary N) is 1. The number of aromatic nitrogens is 1. The van der Waals surface area contributed by atoms with Gasteiger partial charge in [0.1, 0.15) is 28.7 Å². The summed E-state index contributed by atoms with van der Waals surface area (Å²) in [7, 11) is 0. The van der Waals surface area contributed by atoms with Crippen LogP contribution >= 0.6 is 0 Å². The number of alkyl halides is 6. The first kappa shape index (κ1) is 30.9. The van der Waals surface area contributed by atoms with E-state index in [1.165, 1.54) is 11.9 Å². The first-order chi connectivity index (χ1) is 20.5. The maximum atomic E-state index is 14.5. The van der Waals surface area contributed by atoms with E-state index >= 15 is 0 Å². The lowest BCUT2D eigenvalue weighted by atomic mass is 9.90. The van der Waals surface area contributed by atoms with Crippen molar-refractivity contribution in [3.05, 3.63) is 94.5 Å². The highest BCUT2D eigenvalue weighted by atomic mass is 19.4. The molecular formula is C29H22F8N4O3. The summed E-state index contributed by atoms with van der Waals surface area (Å²) in [6, 6.07) is 6.56. The standard InChI is InChI=1S/C29H22F8N4O3/c1-27-10-3-11-41(27)40(14-18-19(30)4-2-5-20(18)31)26(44)23(24(27)42)25(43)39-21-8-7-16(28(32,33)34)12-17(21)15-6-9-22(38-13-15)29(35,36)37/h2,4-9,12-13,42H,3,10-11,14H2,1H3,(H,39,43)/t27-/m1/s1. The number of hydrazine groups is 1. The smallest absolute Gasteiger partial charge is 0.433 e. The minimum Gasteiger partial charge on any atom is -0.509 e. The maximum Gasteiger partial charge on any atom is 0.433 e. The molecule has 3 heterocycles. The largest absolute Gasteiger partial charge is 0.509 e. The normalized spacial score (nSPS) is 19.4. The molecule has 1 saturated heterocycles. The van der Waals surface area contributed by atoms with Crippen molar-refractivity contribution in [3.8, 4) is 11.1 Å². The van der Waals surface area contributed by atoms with E-state index < -0.39 is 76.0 Å². The molecule has 0 aliphatic carbocycles. The number of amides is 2. The second-order valence-corrected chi connectivity index (χ2v) is 10.4. The molecule has 2 aliphatic heterocycles. The highest BCUT2D eigenvalue weighted by Gasteiger charge is 2.53. The summed E-state index contributed by atoms with van der Waals surface area (Å²) in [6.45, 7) is 1.07. The van der Waals surface area contributed by atoms with Gasteiger partial charge in [-0.15, -0.1) is 0 Å². The van der Waals surface area contributed by atoms with Crippen LogP contribution in [0.3, 0.4) is 0 Å².